The predicted octanol–water partition coefficient (Wildman–Crippen LogP) is -0.389. The second kappa shape index (κ2) is 3.34. The molecule has 0 radical (unpaired) electrons. The van der Waals surface area contributed by atoms with Crippen LogP contribution in [0, 0.1) is 0 Å². The standard InChI is InChI=1S/C6H10N2O3/c1-2-10-5-3-4(6(7)9)8-11-5/h5H,2-3H2,1H3,(H2,7,9)/t5-/m0/s1. The summed E-state index contributed by atoms with van der Waals surface area (Å²) in [5.41, 5.74) is 5.19. The quantitative estimate of drug-likeness (QED) is 0.607. The van der Waals surface area contributed by atoms with Crippen LogP contribution < -0.4 is 5.73 Å². The number of rotatable bonds is 3. The number of amides is 1. The van der Waals surface area contributed by atoms with E-state index in [0.29, 0.717) is 13.0 Å². The van der Waals surface area contributed by atoms with Gasteiger partial charge in [-0.05, 0) is 6.92 Å². The zero-order valence-corrected chi connectivity index (χ0v) is 6.24. The molecule has 1 atom stereocenters. The maximum absolute atomic E-state index is 10.5. The minimum atomic E-state index is -0.549. The predicted molar refractivity (Wildman–Crippen MR) is 37.7 cm³/mol. The highest BCUT2D eigenvalue weighted by Crippen LogP contribution is 2.10. The molecule has 0 fully saturated rings. The van der Waals surface area contributed by atoms with E-state index in [2.05, 4.69) is 5.16 Å². The summed E-state index contributed by atoms with van der Waals surface area (Å²) in [6.07, 6.45) is -0.0779. The van der Waals surface area contributed by atoms with E-state index in [-0.39, 0.29) is 5.71 Å². The zero-order valence-electron chi connectivity index (χ0n) is 6.24. The lowest BCUT2D eigenvalue weighted by molar-refractivity contribution is -0.120. The monoisotopic (exact) mass is 158 g/mol. The molecule has 0 unspecified atom stereocenters. The van der Waals surface area contributed by atoms with Crippen LogP contribution in [0.15, 0.2) is 5.16 Å². The van der Waals surface area contributed by atoms with Gasteiger partial charge in [-0.1, -0.05) is 5.16 Å². The Kier molecular flexibility index (Phi) is 2.43. The molecule has 11 heavy (non-hydrogen) atoms. The topological polar surface area (TPSA) is 73.9 Å². The summed E-state index contributed by atoms with van der Waals surface area (Å²) in [6.45, 7) is 2.37. The third-order valence-electron chi connectivity index (χ3n) is 1.28. The van der Waals surface area contributed by atoms with Gasteiger partial charge >= 0.3 is 0 Å². The van der Waals surface area contributed by atoms with Crippen LogP contribution in [0.4, 0.5) is 0 Å². The Labute approximate surface area is 64.1 Å². The van der Waals surface area contributed by atoms with Gasteiger partial charge in [-0.3, -0.25) is 4.79 Å². The molecule has 0 saturated heterocycles. The number of carbonyl (C=O) groups is 1. The van der Waals surface area contributed by atoms with Crippen LogP contribution in [0.25, 0.3) is 0 Å². The summed E-state index contributed by atoms with van der Waals surface area (Å²) in [6, 6.07) is 0. The first-order chi connectivity index (χ1) is 5.24. The minimum absolute atomic E-state index is 0.239. The summed E-state index contributed by atoms with van der Waals surface area (Å²) < 4.78 is 5.04. The van der Waals surface area contributed by atoms with Crippen molar-refractivity contribution in [3.63, 3.8) is 0 Å². The van der Waals surface area contributed by atoms with Gasteiger partial charge in [0.05, 0.1) is 6.42 Å². The average molecular weight is 158 g/mol. The number of hydrogen-bond donors (Lipinski definition) is 1. The number of primary amides is 1. The van der Waals surface area contributed by atoms with Gasteiger partial charge in [-0.15, -0.1) is 0 Å². The molecule has 5 heteroatoms. The van der Waals surface area contributed by atoms with Crippen molar-refractivity contribution in [1.82, 2.24) is 0 Å². The first-order valence-electron chi connectivity index (χ1n) is 3.38. The fourth-order valence-corrected chi connectivity index (χ4v) is 0.776. The summed E-state index contributed by atoms with van der Waals surface area (Å²) in [4.78, 5) is 15.2. The molecule has 0 saturated carbocycles. The van der Waals surface area contributed by atoms with Crippen molar-refractivity contribution in [3.05, 3.63) is 0 Å². The lowest BCUT2D eigenvalue weighted by Crippen LogP contribution is -2.23. The molecule has 1 rings (SSSR count). The van der Waals surface area contributed by atoms with Crippen molar-refractivity contribution >= 4 is 11.6 Å². The molecule has 1 aliphatic rings. The van der Waals surface area contributed by atoms with E-state index >= 15 is 0 Å². The first kappa shape index (κ1) is 8.00. The van der Waals surface area contributed by atoms with Crippen molar-refractivity contribution in [2.24, 2.45) is 10.9 Å². The molecule has 0 spiro atoms. The van der Waals surface area contributed by atoms with Gasteiger partial charge in [-0.25, -0.2) is 0 Å². The van der Waals surface area contributed by atoms with Crippen molar-refractivity contribution < 1.29 is 14.4 Å². The second-order valence-corrected chi connectivity index (χ2v) is 2.10. The lowest BCUT2D eigenvalue weighted by Gasteiger charge is -2.05. The largest absolute Gasteiger partial charge is 0.364 e. The van der Waals surface area contributed by atoms with Crippen molar-refractivity contribution in [2.45, 2.75) is 19.6 Å². The highest BCUT2D eigenvalue weighted by molar-refractivity contribution is 6.38. The average Bonchev–Trinajstić information content (AvgIpc) is 2.37. The van der Waals surface area contributed by atoms with E-state index in [1.807, 2.05) is 6.92 Å². The number of ether oxygens (including phenoxy) is 1. The Balaban J connectivity index is 2.37. The Bertz CT molecular complexity index is 190. The smallest absolute Gasteiger partial charge is 0.266 e. The molecular formula is C6H10N2O3. The number of carbonyl (C=O) groups excluding carboxylic acids is 1. The van der Waals surface area contributed by atoms with E-state index in [9.17, 15) is 4.79 Å². The fraction of sp³-hybridized carbons (Fsp3) is 0.667. The van der Waals surface area contributed by atoms with Gasteiger partial charge < -0.3 is 15.3 Å². The molecule has 1 aliphatic heterocycles. The van der Waals surface area contributed by atoms with Crippen LogP contribution in [0.1, 0.15) is 13.3 Å². The maximum atomic E-state index is 10.5. The van der Waals surface area contributed by atoms with Crippen molar-refractivity contribution in [2.75, 3.05) is 6.61 Å². The highest BCUT2D eigenvalue weighted by atomic mass is 16.8. The Hall–Kier alpha value is -1.10. The van der Waals surface area contributed by atoms with Gasteiger partial charge in [0.1, 0.15) is 0 Å². The second-order valence-electron chi connectivity index (χ2n) is 2.10. The van der Waals surface area contributed by atoms with E-state index in [4.69, 9.17) is 15.3 Å². The fourth-order valence-electron chi connectivity index (χ4n) is 0.776. The van der Waals surface area contributed by atoms with Gasteiger partial charge in [0.15, 0.2) is 5.71 Å². The van der Waals surface area contributed by atoms with E-state index in [1.165, 1.54) is 0 Å². The van der Waals surface area contributed by atoms with Crippen molar-refractivity contribution in [3.8, 4) is 0 Å². The number of nitrogens with zero attached hydrogens (tertiary/aromatic N) is 1. The van der Waals surface area contributed by atoms with Crippen LogP contribution >= 0.6 is 0 Å². The Morgan fingerprint density at radius 2 is 2.73 bits per heavy atom. The zero-order chi connectivity index (χ0) is 8.27. The maximum Gasteiger partial charge on any atom is 0.266 e. The molecular weight excluding hydrogens is 148 g/mol. The molecule has 0 aromatic carbocycles. The van der Waals surface area contributed by atoms with Crippen molar-refractivity contribution in [1.29, 1.82) is 0 Å². The van der Waals surface area contributed by atoms with E-state index in [1.54, 1.807) is 0 Å². The molecule has 0 aromatic heterocycles. The molecule has 1 amide bonds. The van der Waals surface area contributed by atoms with Crippen LogP contribution in [0.2, 0.25) is 0 Å². The highest BCUT2D eigenvalue weighted by Gasteiger charge is 2.24. The van der Waals surface area contributed by atoms with Crippen LogP contribution in [0.3, 0.4) is 0 Å². The number of oxime groups is 1. The van der Waals surface area contributed by atoms with Gasteiger partial charge in [0.2, 0.25) is 6.29 Å². The third-order valence-corrected chi connectivity index (χ3v) is 1.28. The van der Waals surface area contributed by atoms with Crippen LogP contribution in [-0.4, -0.2) is 24.5 Å². The van der Waals surface area contributed by atoms with E-state index < -0.39 is 12.2 Å². The van der Waals surface area contributed by atoms with Gasteiger partial charge in [0, 0.05) is 6.61 Å². The Morgan fingerprint density at radius 3 is 3.18 bits per heavy atom. The SMILES string of the molecule is CCO[C@@H]1CC(C(N)=O)=NO1. The number of nitrogens with two attached hydrogens (primary N) is 1. The van der Waals surface area contributed by atoms with Crippen LogP contribution in [-0.2, 0) is 14.4 Å². The summed E-state index contributed by atoms with van der Waals surface area (Å²) in [5, 5.41) is 3.45. The van der Waals surface area contributed by atoms with Crippen LogP contribution in [0.5, 0.6) is 0 Å². The molecule has 2 N–H and O–H groups in total. The minimum Gasteiger partial charge on any atom is -0.364 e. The van der Waals surface area contributed by atoms with Gasteiger partial charge in [-0.2, -0.15) is 0 Å². The Morgan fingerprint density at radius 1 is 2.00 bits per heavy atom. The van der Waals surface area contributed by atoms with E-state index in [0.717, 1.165) is 0 Å². The summed E-state index contributed by atoms with van der Waals surface area (Å²) in [5.74, 6) is -0.549. The normalized spacial score (nSPS) is 22.6. The molecule has 1 heterocycles. The summed E-state index contributed by atoms with van der Waals surface area (Å²) in [7, 11) is 0. The molecule has 0 aromatic rings. The molecule has 5 nitrogen and oxygen atoms in total. The van der Waals surface area contributed by atoms with Gasteiger partial charge in [0.25, 0.3) is 5.91 Å². The number of hydrogen-bond acceptors (Lipinski definition) is 4. The first-order valence-corrected chi connectivity index (χ1v) is 3.38. The molecule has 0 bridgehead atoms. The molecule has 62 valence electrons. The lowest BCUT2D eigenvalue weighted by atomic mass is 10.2. The molecule has 0 aliphatic carbocycles. The summed E-state index contributed by atoms with van der Waals surface area (Å²) >= 11 is 0. The third kappa shape index (κ3) is 1.91.